The molecule has 3 rings (SSSR count). The summed E-state index contributed by atoms with van der Waals surface area (Å²) in [6, 6.07) is 4.16. The van der Waals surface area contributed by atoms with Gasteiger partial charge in [0.25, 0.3) is 0 Å². The standard InChI is InChI=1S/C15H21N3O/c1-12-2-3-15-16-14(11-18(15)8-12)10-17-6-4-13(9-17)5-7-19/h2-3,8,11,13,19H,4-7,9-10H2,1H3. The molecule has 19 heavy (non-hydrogen) atoms. The minimum Gasteiger partial charge on any atom is -0.396 e. The molecule has 0 amide bonds. The molecule has 0 spiro atoms. The zero-order valence-electron chi connectivity index (χ0n) is 11.4. The first-order chi connectivity index (χ1) is 9.24. The quantitative estimate of drug-likeness (QED) is 0.911. The number of fused-ring (bicyclic) bond motifs is 1. The fourth-order valence-corrected chi connectivity index (χ4v) is 2.94. The molecule has 0 radical (unpaired) electrons. The molecule has 1 aliphatic rings. The lowest BCUT2D eigenvalue weighted by atomic mass is 10.1. The molecule has 1 fully saturated rings. The van der Waals surface area contributed by atoms with E-state index in [4.69, 9.17) is 5.11 Å². The first kappa shape index (κ1) is 12.6. The normalized spacial score (nSPS) is 20.4. The van der Waals surface area contributed by atoms with Gasteiger partial charge in [0.15, 0.2) is 0 Å². The molecule has 0 aromatic carbocycles. The van der Waals surface area contributed by atoms with E-state index in [0.717, 1.165) is 37.4 Å². The van der Waals surface area contributed by atoms with Crippen LogP contribution in [-0.2, 0) is 6.54 Å². The Balaban J connectivity index is 1.68. The monoisotopic (exact) mass is 259 g/mol. The molecule has 1 aliphatic heterocycles. The van der Waals surface area contributed by atoms with E-state index in [2.05, 4.69) is 45.7 Å². The van der Waals surface area contributed by atoms with Gasteiger partial charge < -0.3 is 9.51 Å². The van der Waals surface area contributed by atoms with Gasteiger partial charge in [0.05, 0.1) is 5.69 Å². The largest absolute Gasteiger partial charge is 0.396 e. The van der Waals surface area contributed by atoms with E-state index in [1.807, 2.05) is 0 Å². The number of pyridine rings is 1. The second-order valence-corrected chi connectivity index (χ2v) is 5.61. The Kier molecular flexibility index (Phi) is 3.53. The maximum atomic E-state index is 8.99. The number of nitrogens with zero attached hydrogens (tertiary/aromatic N) is 3. The van der Waals surface area contributed by atoms with E-state index < -0.39 is 0 Å². The molecule has 1 atom stereocenters. The molecule has 3 heterocycles. The molecule has 4 heteroatoms. The Labute approximate surface area is 113 Å². The van der Waals surface area contributed by atoms with Gasteiger partial charge in [0.1, 0.15) is 5.65 Å². The summed E-state index contributed by atoms with van der Waals surface area (Å²) in [5, 5.41) is 8.99. The first-order valence-corrected chi connectivity index (χ1v) is 7.02. The topological polar surface area (TPSA) is 40.8 Å². The number of aliphatic hydroxyl groups is 1. The van der Waals surface area contributed by atoms with Crippen LogP contribution in [0.1, 0.15) is 24.1 Å². The van der Waals surface area contributed by atoms with E-state index >= 15 is 0 Å². The van der Waals surface area contributed by atoms with Gasteiger partial charge in [0, 0.05) is 32.1 Å². The van der Waals surface area contributed by atoms with E-state index in [1.165, 1.54) is 12.0 Å². The van der Waals surface area contributed by atoms with Gasteiger partial charge in [0.2, 0.25) is 0 Å². The van der Waals surface area contributed by atoms with Crippen LogP contribution in [-0.4, -0.2) is 39.1 Å². The molecular formula is C15H21N3O. The van der Waals surface area contributed by atoms with E-state index in [-0.39, 0.29) is 0 Å². The number of aromatic nitrogens is 2. The number of imidazole rings is 1. The summed E-state index contributed by atoms with van der Waals surface area (Å²) in [6.45, 7) is 5.54. The van der Waals surface area contributed by atoms with Crippen LogP contribution in [0.3, 0.4) is 0 Å². The molecule has 102 valence electrons. The van der Waals surface area contributed by atoms with Crippen LogP contribution >= 0.6 is 0 Å². The third-order valence-corrected chi connectivity index (χ3v) is 3.94. The van der Waals surface area contributed by atoms with Crippen molar-refractivity contribution in [1.82, 2.24) is 14.3 Å². The van der Waals surface area contributed by atoms with E-state index in [0.29, 0.717) is 12.5 Å². The first-order valence-electron chi connectivity index (χ1n) is 7.02. The number of rotatable bonds is 4. The van der Waals surface area contributed by atoms with Crippen LogP contribution in [0.5, 0.6) is 0 Å². The second kappa shape index (κ2) is 5.31. The molecular weight excluding hydrogens is 238 g/mol. The SMILES string of the molecule is Cc1ccc2nc(CN3CCC(CCO)C3)cn2c1. The summed E-state index contributed by atoms with van der Waals surface area (Å²) in [5.74, 6) is 0.657. The molecule has 2 aromatic rings. The van der Waals surface area contributed by atoms with Gasteiger partial charge in [-0.15, -0.1) is 0 Å². The van der Waals surface area contributed by atoms with Crippen molar-refractivity contribution in [2.45, 2.75) is 26.3 Å². The predicted octanol–water partition coefficient (Wildman–Crippen LogP) is 1.85. The van der Waals surface area contributed by atoms with Gasteiger partial charge in [-0.05, 0) is 43.9 Å². The molecule has 0 bridgehead atoms. The summed E-state index contributed by atoms with van der Waals surface area (Å²) in [4.78, 5) is 7.10. The number of hydrogen-bond donors (Lipinski definition) is 1. The molecule has 2 aromatic heterocycles. The number of aryl methyl sites for hydroxylation is 1. The van der Waals surface area contributed by atoms with Crippen LogP contribution < -0.4 is 0 Å². The Morgan fingerprint density at radius 2 is 2.26 bits per heavy atom. The minimum absolute atomic E-state index is 0.312. The fraction of sp³-hybridized carbons (Fsp3) is 0.533. The van der Waals surface area contributed by atoms with E-state index in [9.17, 15) is 0 Å². The third kappa shape index (κ3) is 2.80. The Morgan fingerprint density at radius 3 is 3.11 bits per heavy atom. The molecule has 1 saturated heterocycles. The van der Waals surface area contributed by atoms with Crippen molar-refractivity contribution in [2.24, 2.45) is 5.92 Å². The van der Waals surface area contributed by atoms with Crippen LogP contribution in [0.4, 0.5) is 0 Å². The Hall–Kier alpha value is -1.39. The van der Waals surface area contributed by atoms with Crippen molar-refractivity contribution >= 4 is 5.65 Å². The van der Waals surface area contributed by atoms with Gasteiger partial charge in [-0.25, -0.2) is 4.98 Å². The average molecular weight is 259 g/mol. The number of aliphatic hydroxyl groups excluding tert-OH is 1. The Morgan fingerprint density at radius 1 is 1.37 bits per heavy atom. The fourth-order valence-electron chi connectivity index (χ4n) is 2.94. The lowest BCUT2D eigenvalue weighted by molar-refractivity contribution is 0.249. The van der Waals surface area contributed by atoms with Crippen molar-refractivity contribution in [3.8, 4) is 0 Å². The smallest absolute Gasteiger partial charge is 0.137 e. The Bertz CT molecular complexity index is 564. The minimum atomic E-state index is 0.312. The van der Waals surface area contributed by atoms with Crippen LogP contribution in [0.15, 0.2) is 24.5 Å². The van der Waals surface area contributed by atoms with Crippen LogP contribution in [0.25, 0.3) is 5.65 Å². The van der Waals surface area contributed by atoms with Crippen molar-refractivity contribution in [2.75, 3.05) is 19.7 Å². The van der Waals surface area contributed by atoms with Gasteiger partial charge in [-0.2, -0.15) is 0 Å². The summed E-state index contributed by atoms with van der Waals surface area (Å²) < 4.78 is 2.10. The summed E-state index contributed by atoms with van der Waals surface area (Å²) in [5.41, 5.74) is 3.41. The highest BCUT2D eigenvalue weighted by Gasteiger charge is 2.22. The number of hydrogen-bond acceptors (Lipinski definition) is 3. The lowest BCUT2D eigenvalue weighted by Crippen LogP contribution is -2.20. The van der Waals surface area contributed by atoms with Gasteiger partial charge in [-0.3, -0.25) is 4.90 Å². The summed E-state index contributed by atoms with van der Waals surface area (Å²) in [7, 11) is 0. The second-order valence-electron chi connectivity index (χ2n) is 5.61. The third-order valence-electron chi connectivity index (χ3n) is 3.94. The summed E-state index contributed by atoms with van der Waals surface area (Å²) >= 11 is 0. The maximum Gasteiger partial charge on any atom is 0.137 e. The van der Waals surface area contributed by atoms with Crippen molar-refractivity contribution in [1.29, 1.82) is 0 Å². The van der Waals surface area contributed by atoms with E-state index in [1.54, 1.807) is 0 Å². The van der Waals surface area contributed by atoms with Crippen molar-refractivity contribution < 1.29 is 5.11 Å². The average Bonchev–Trinajstić information content (AvgIpc) is 2.96. The highest BCUT2D eigenvalue weighted by Crippen LogP contribution is 2.21. The predicted molar refractivity (Wildman–Crippen MR) is 75.0 cm³/mol. The molecule has 0 aliphatic carbocycles. The van der Waals surface area contributed by atoms with Gasteiger partial charge in [-0.1, -0.05) is 6.07 Å². The summed E-state index contributed by atoms with van der Waals surface area (Å²) in [6.07, 6.45) is 6.37. The van der Waals surface area contributed by atoms with Gasteiger partial charge >= 0.3 is 0 Å². The zero-order valence-corrected chi connectivity index (χ0v) is 11.4. The van der Waals surface area contributed by atoms with Crippen molar-refractivity contribution in [3.05, 3.63) is 35.8 Å². The molecule has 4 nitrogen and oxygen atoms in total. The highest BCUT2D eigenvalue weighted by atomic mass is 16.3. The van der Waals surface area contributed by atoms with Crippen molar-refractivity contribution in [3.63, 3.8) is 0 Å². The molecule has 1 N–H and O–H groups in total. The molecule has 1 unspecified atom stereocenters. The van der Waals surface area contributed by atoms with Crippen LogP contribution in [0, 0.1) is 12.8 Å². The lowest BCUT2D eigenvalue weighted by Gasteiger charge is -2.13. The number of likely N-dealkylation sites (tertiary alicyclic amines) is 1. The maximum absolute atomic E-state index is 8.99. The highest BCUT2D eigenvalue weighted by molar-refractivity contribution is 5.41. The molecule has 0 saturated carbocycles. The van der Waals surface area contributed by atoms with Crippen LogP contribution in [0.2, 0.25) is 0 Å². The zero-order chi connectivity index (χ0) is 13.2.